The summed E-state index contributed by atoms with van der Waals surface area (Å²) in [6.45, 7) is 1.45. The van der Waals surface area contributed by atoms with Crippen molar-refractivity contribution >= 4 is 17.1 Å². The number of methoxy groups -OCH3 is 1. The smallest absolute Gasteiger partial charge is 0.294 e. The van der Waals surface area contributed by atoms with Crippen molar-refractivity contribution in [3.05, 3.63) is 22.2 Å². The molecule has 88 valence electrons. The van der Waals surface area contributed by atoms with Gasteiger partial charge < -0.3 is 20.9 Å². The van der Waals surface area contributed by atoms with Crippen LogP contribution in [0.3, 0.4) is 0 Å². The minimum Gasteiger partial charge on any atom is -0.495 e. The molecule has 0 aliphatic heterocycles. The number of nitro benzene ring substituents is 1. The molecule has 4 N–H and O–H groups in total. The van der Waals surface area contributed by atoms with E-state index in [1.54, 1.807) is 0 Å². The van der Waals surface area contributed by atoms with E-state index in [-0.39, 0.29) is 17.1 Å². The SMILES string of the molecule is COc1cc(NC(C)O)c([N+](=O)[O-])cc1N. The third-order valence-electron chi connectivity index (χ3n) is 1.91. The van der Waals surface area contributed by atoms with E-state index in [0.717, 1.165) is 0 Å². The van der Waals surface area contributed by atoms with E-state index in [1.807, 2.05) is 0 Å². The summed E-state index contributed by atoms with van der Waals surface area (Å²) in [6.07, 6.45) is -0.910. The second kappa shape index (κ2) is 4.67. The normalized spacial score (nSPS) is 11.9. The summed E-state index contributed by atoms with van der Waals surface area (Å²) in [6, 6.07) is 2.56. The zero-order valence-electron chi connectivity index (χ0n) is 8.93. The lowest BCUT2D eigenvalue weighted by atomic mass is 10.2. The van der Waals surface area contributed by atoms with E-state index >= 15 is 0 Å². The number of rotatable bonds is 4. The molecule has 0 spiro atoms. The number of nitrogen functional groups attached to an aromatic ring is 1. The predicted molar refractivity (Wildman–Crippen MR) is 59.4 cm³/mol. The summed E-state index contributed by atoms with van der Waals surface area (Å²) >= 11 is 0. The van der Waals surface area contributed by atoms with Crippen LogP contribution in [-0.2, 0) is 0 Å². The third kappa shape index (κ3) is 2.51. The molecule has 1 atom stereocenters. The van der Waals surface area contributed by atoms with Crippen molar-refractivity contribution in [3.8, 4) is 5.75 Å². The highest BCUT2D eigenvalue weighted by molar-refractivity contribution is 5.72. The highest BCUT2D eigenvalue weighted by Crippen LogP contribution is 2.34. The Morgan fingerprint density at radius 1 is 1.62 bits per heavy atom. The van der Waals surface area contributed by atoms with Crippen molar-refractivity contribution in [1.82, 2.24) is 0 Å². The van der Waals surface area contributed by atoms with Crippen LogP contribution in [0.1, 0.15) is 6.92 Å². The zero-order chi connectivity index (χ0) is 12.3. The lowest BCUT2D eigenvalue weighted by Gasteiger charge is -2.12. The third-order valence-corrected chi connectivity index (χ3v) is 1.91. The Morgan fingerprint density at radius 2 is 2.25 bits per heavy atom. The van der Waals surface area contributed by atoms with Crippen LogP contribution in [0.4, 0.5) is 17.1 Å². The lowest BCUT2D eigenvalue weighted by molar-refractivity contribution is -0.383. The van der Waals surface area contributed by atoms with E-state index < -0.39 is 11.2 Å². The molecule has 1 rings (SSSR count). The fraction of sp³-hybridized carbons (Fsp3) is 0.333. The second-order valence-corrected chi connectivity index (χ2v) is 3.19. The highest BCUT2D eigenvalue weighted by atomic mass is 16.6. The van der Waals surface area contributed by atoms with Crippen LogP contribution in [0.2, 0.25) is 0 Å². The van der Waals surface area contributed by atoms with Crippen LogP contribution in [0.25, 0.3) is 0 Å². The minimum atomic E-state index is -0.910. The van der Waals surface area contributed by atoms with Crippen LogP contribution < -0.4 is 15.8 Å². The molecule has 0 heterocycles. The van der Waals surface area contributed by atoms with Gasteiger partial charge in [-0.25, -0.2) is 0 Å². The van der Waals surface area contributed by atoms with Gasteiger partial charge in [0.15, 0.2) is 0 Å². The predicted octanol–water partition coefficient (Wildman–Crippen LogP) is 0.936. The number of nitro groups is 1. The molecule has 0 fully saturated rings. The minimum absolute atomic E-state index is 0.158. The van der Waals surface area contributed by atoms with Gasteiger partial charge in [-0.2, -0.15) is 0 Å². The second-order valence-electron chi connectivity index (χ2n) is 3.19. The Balaban J connectivity index is 3.25. The van der Waals surface area contributed by atoms with Gasteiger partial charge >= 0.3 is 0 Å². The zero-order valence-corrected chi connectivity index (χ0v) is 8.93. The van der Waals surface area contributed by atoms with Crippen LogP contribution in [0.15, 0.2) is 12.1 Å². The van der Waals surface area contributed by atoms with Crippen molar-refractivity contribution in [3.63, 3.8) is 0 Å². The monoisotopic (exact) mass is 227 g/mol. The van der Waals surface area contributed by atoms with Gasteiger partial charge in [-0.1, -0.05) is 0 Å². The Bertz CT molecular complexity index is 406. The average Bonchev–Trinajstić information content (AvgIpc) is 2.19. The first-order chi connectivity index (χ1) is 7.45. The number of nitrogens with one attached hydrogen (secondary N) is 1. The summed E-state index contributed by atoms with van der Waals surface area (Å²) in [7, 11) is 1.41. The molecule has 0 aliphatic carbocycles. The van der Waals surface area contributed by atoms with Crippen molar-refractivity contribution in [2.75, 3.05) is 18.2 Å². The number of aliphatic hydroxyl groups excluding tert-OH is 1. The summed E-state index contributed by atoms with van der Waals surface area (Å²) in [5.74, 6) is 0.314. The molecule has 7 heteroatoms. The number of hydrogen-bond donors (Lipinski definition) is 3. The number of nitrogens with zero attached hydrogens (tertiary/aromatic N) is 1. The lowest BCUT2D eigenvalue weighted by Crippen LogP contribution is -2.14. The number of ether oxygens (including phenoxy) is 1. The van der Waals surface area contributed by atoms with Crippen LogP contribution in [-0.4, -0.2) is 23.4 Å². The van der Waals surface area contributed by atoms with Gasteiger partial charge in [0.1, 0.15) is 17.7 Å². The summed E-state index contributed by atoms with van der Waals surface area (Å²) in [5, 5.41) is 22.4. The standard InChI is InChI=1S/C9H13N3O4/c1-5(13)11-7-4-9(16-2)6(10)3-8(7)12(14)15/h3-5,11,13H,10H2,1-2H3. The van der Waals surface area contributed by atoms with Gasteiger partial charge in [0.2, 0.25) is 0 Å². The number of benzene rings is 1. The topological polar surface area (TPSA) is 111 Å². The summed E-state index contributed by atoms with van der Waals surface area (Å²) in [5.41, 5.74) is 5.67. The number of hydrogen-bond acceptors (Lipinski definition) is 6. The Labute approximate surface area is 92.0 Å². The molecule has 0 saturated heterocycles. The van der Waals surface area contributed by atoms with E-state index in [4.69, 9.17) is 15.6 Å². The largest absolute Gasteiger partial charge is 0.495 e. The molecule has 16 heavy (non-hydrogen) atoms. The average molecular weight is 227 g/mol. The Hall–Kier alpha value is -2.02. The summed E-state index contributed by atoms with van der Waals surface area (Å²) < 4.78 is 4.93. The van der Waals surface area contributed by atoms with E-state index in [2.05, 4.69) is 5.32 Å². The van der Waals surface area contributed by atoms with Crippen LogP contribution in [0, 0.1) is 10.1 Å². The highest BCUT2D eigenvalue weighted by Gasteiger charge is 2.18. The van der Waals surface area contributed by atoms with Gasteiger partial charge in [-0.15, -0.1) is 0 Å². The fourth-order valence-corrected chi connectivity index (χ4v) is 1.25. The molecular weight excluding hydrogens is 214 g/mol. The molecular formula is C9H13N3O4. The first-order valence-electron chi connectivity index (χ1n) is 4.52. The van der Waals surface area contributed by atoms with Gasteiger partial charge in [-0.05, 0) is 6.92 Å². The quantitative estimate of drug-likeness (QED) is 0.305. The Morgan fingerprint density at radius 3 is 2.69 bits per heavy atom. The summed E-state index contributed by atoms with van der Waals surface area (Å²) in [4.78, 5) is 10.2. The number of nitrogens with two attached hydrogens (primary N) is 1. The maximum Gasteiger partial charge on any atom is 0.294 e. The van der Waals surface area contributed by atoms with Crippen molar-refractivity contribution < 1.29 is 14.8 Å². The van der Waals surface area contributed by atoms with Gasteiger partial charge in [0.25, 0.3) is 5.69 Å². The van der Waals surface area contributed by atoms with Crippen molar-refractivity contribution in [2.45, 2.75) is 13.2 Å². The molecule has 0 radical (unpaired) electrons. The van der Waals surface area contributed by atoms with Gasteiger partial charge in [0, 0.05) is 12.1 Å². The number of anilines is 2. The molecule has 1 unspecified atom stereocenters. The molecule has 0 saturated carbocycles. The van der Waals surface area contributed by atoms with Crippen LogP contribution >= 0.6 is 0 Å². The van der Waals surface area contributed by atoms with E-state index in [9.17, 15) is 10.1 Å². The molecule has 0 amide bonds. The maximum atomic E-state index is 10.7. The molecule has 0 aliphatic rings. The first kappa shape index (κ1) is 12.1. The molecule has 0 bridgehead atoms. The molecule has 7 nitrogen and oxygen atoms in total. The first-order valence-corrected chi connectivity index (χ1v) is 4.52. The molecule has 1 aromatic carbocycles. The molecule has 1 aromatic rings. The maximum absolute atomic E-state index is 10.7. The van der Waals surface area contributed by atoms with E-state index in [1.165, 1.54) is 26.2 Å². The van der Waals surface area contributed by atoms with Gasteiger partial charge in [-0.3, -0.25) is 10.1 Å². The van der Waals surface area contributed by atoms with Gasteiger partial charge in [0.05, 0.1) is 17.7 Å². The van der Waals surface area contributed by atoms with Crippen molar-refractivity contribution in [1.29, 1.82) is 0 Å². The van der Waals surface area contributed by atoms with Crippen molar-refractivity contribution in [2.24, 2.45) is 0 Å². The van der Waals surface area contributed by atoms with Crippen LogP contribution in [0.5, 0.6) is 5.75 Å². The fourth-order valence-electron chi connectivity index (χ4n) is 1.25. The van der Waals surface area contributed by atoms with E-state index in [0.29, 0.717) is 5.75 Å². The number of aliphatic hydroxyl groups is 1. The Kier molecular flexibility index (Phi) is 3.51. The molecule has 0 aromatic heterocycles.